The minimum Gasteiger partial charge on any atom is -0.453 e. The van der Waals surface area contributed by atoms with Gasteiger partial charge in [-0.25, -0.2) is 9.59 Å². The third-order valence-electron chi connectivity index (χ3n) is 12.7. The van der Waals surface area contributed by atoms with Gasteiger partial charge in [-0.3, -0.25) is 19.6 Å². The zero-order valence-corrected chi connectivity index (χ0v) is 35.2. The summed E-state index contributed by atoms with van der Waals surface area (Å²) in [6, 6.07) is 17.7. The molecule has 3 aromatic rings. The van der Waals surface area contributed by atoms with Gasteiger partial charge >= 0.3 is 12.2 Å². The van der Waals surface area contributed by atoms with Gasteiger partial charge in [0.1, 0.15) is 23.5 Å². The fourth-order valence-electron chi connectivity index (χ4n) is 9.26. The Morgan fingerprint density at radius 3 is 1.90 bits per heavy atom. The Morgan fingerprint density at radius 2 is 1.32 bits per heavy atom. The minimum absolute atomic E-state index is 0.0922. The van der Waals surface area contributed by atoms with Crippen LogP contribution in [-0.4, -0.2) is 110 Å². The third kappa shape index (κ3) is 7.73. The van der Waals surface area contributed by atoms with Gasteiger partial charge in [-0.15, -0.1) is 0 Å². The number of carbonyl (C=O) groups excluding carboxylic acids is 4. The van der Waals surface area contributed by atoms with E-state index >= 15 is 0 Å². The molecular weight excluding hydrogens is 763 g/mol. The molecule has 1 spiro atoms. The fourth-order valence-corrected chi connectivity index (χ4v) is 9.26. The van der Waals surface area contributed by atoms with E-state index in [1.54, 1.807) is 0 Å². The molecule has 14 heteroatoms. The SMILES string of the molecule is COC(=O)N[C@H](C(=O)N1CCC[C@H]1C1=NC=C(c2ccc3cc(-c4ccc5c(c4)NC([C@@H]4CCCN4C(=O)[C@@H](NC(=O)OC)C(C)C)=NC54COC4)ccc3c2)C1)C(C)C. The first kappa shape index (κ1) is 41.0. The standard InChI is InChI=1S/C46H55N7O7/c1-26(2)39(49-44(56)58-5)42(54)52-17-7-9-37(52)36-22-33(23-47-36)31-14-13-28-19-30(12-11-29(28)20-31)32-15-16-34-35(21-32)48-41(51-46(34)24-60-25-46)38-10-8-18-53(38)43(55)40(27(3)4)50-45(57)59-6/h11-16,19-21,23,26-27,37-40H,7-10,17-18,22,24-25H2,1-6H3,(H,48,51)(H,49,56)(H,50,57)/t37-,38-,39-,40-/m0/s1. The molecule has 0 aliphatic carbocycles. The van der Waals surface area contributed by atoms with Crippen LogP contribution in [0.15, 0.2) is 70.8 Å². The molecule has 5 aliphatic heterocycles. The smallest absolute Gasteiger partial charge is 0.407 e. The van der Waals surface area contributed by atoms with Crippen molar-refractivity contribution in [2.45, 2.75) is 89.5 Å². The number of hydrogen-bond acceptors (Lipinski definition) is 10. The van der Waals surface area contributed by atoms with Gasteiger partial charge in [0.2, 0.25) is 11.8 Å². The van der Waals surface area contributed by atoms with Crippen molar-refractivity contribution in [3.05, 3.63) is 71.9 Å². The second-order valence-electron chi connectivity index (χ2n) is 17.2. The molecule has 8 rings (SSSR count). The lowest BCUT2D eigenvalue weighted by Crippen LogP contribution is -2.56. The molecule has 3 aromatic carbocycles. The first-order chi connectivity index (χ1) is 28.9. The normalized spacial score (nSPS) is 21.4. The quantitative estimate of drug-likeness (QED) is 0.209. The lowest BCUT2D eigenvalue weighted by atomic mass is 9.84. The number of anilines is 1. The highest BCUT2D eigenvalue weighted by atomic mass is 16.5. The highest BCUT2D eigenvalue weighted by Gasteiger charge is 2.47. The van der Waals surface area contributed by atoms with Crippen molar-refractivity contribution >= 4 is 57.6 Å². The Labute approximate surface area is 350 Å². The van der Waals surface area contributed by atoms with Crippen LogP contribution in [-0.2, 0) is 29.3 Å². The maximum absolute atomic E-state index is 13.9. The second kappa shape index (κ2) is 16.7. The molecule has 316 valence electrons. The number of carbonyl (C=O) groups is 4. The van der Waals surface area contributed by atoms with Crippen LogP contribution >= 0.6 is 0 Å². The van der Waals surface area contributed by atoms with E-state index in [-0.39, 0.29) is 35.7 Å². The molecule has 0 unspecified atom stereocenters. The predicted molar refractivity (Wildman–Crippen MR) is 231 cm³/mol. The van der Waals surface area contributed by atoms with Crippen molar-refractivity contribution in [2.24, 2.45) is 21.8 Å². The van der Waals surface area contributed by atoms with Crippen molar-refractivity contribution in [3.8, 4) is 11.1 Å². The Bertz CT molecular complexity index is 2300. The van der Waals surface area contributed by atoms with E-state index in [0.29, 0.717) is 32.7 Å². The van der Waals surface area contributed by atoms with Gasteiger partial charge in [0.05, 0.1) is 39.5 Å². The summed E-state index contributed by atoms with van der Waals surface area (Å²) in [4.78, 5) is 65.5. The average Bonchev–Trinajstić information content (AvgIpc) is 4.04. The third-order valence-corrected chi connectivity index (χ3v) is 12.7. The number of likely N-dealkylation sites (tertiary alicyclic amines) is 2. The molecule has 3 N–H and O–H groups in total. The molecule has 0 radical (unpaired) electrons. The number of allylic oxidation sites excluding steroid dienone is 1. The van der Waals surface area contributed by atoms with E-state index in [2.05, 4.69) is 70.5 Å². The molecule has 5 heterocycles. The topological polar surface area (TPSA) is 163 Å². The van der Waals surface area contributed by atoms with Crippen molar-refractivity contribution in [1.82, 2.24) is 20.4 Å². The summed E-state index contributed by atoms with van der Waals surface area (Å²) in [5.74, 6) is 0.283. The summed E-state index contributed by atoms with van der Waals surface area (Å²) in [6.45, 7) is 9.80. The molecule has 4 amide bonds. The number of benzene rings is 3. The molecule has 0 aromatic heterocycles. The number of fused-ring (bicyclic) bond motifs is 3. The van der Waals surface area contributed by atoms with Gasteiger partial charge in [0.15, 0.2) is 0 Å². The molecule has 3 fully saturated rings. The summed E-state index contributed by atoms with van der Waals surface area (Å²) >= 11 is 0. The van der Waals surface area contributed by atoms with Gasteiger partial charge < -0.3 is 40.0 Å². The highest BCUT2D eigenvalue weighted by Crippen LogP contribution is 2.44. The summed E-state index contributed by atoms with van der Waals surface area (Å²) in [5, 5.41) is 11.3. The number of alkyl carbamates (subject to hydrolysis) is 2. The first-order valence-corrected chi connectivity index (χ1v) is 21.1. The molecule has 3 saturated heterocycles. The number of hydrogen-bond donors (Lipinski definition) is 3. The van der Waals surface area contributed by atoms with Crippen molar-refractivity contribution in [2.75, 3.05) is 45.8 Å². The second-order valence-corrected chi connectivity index (χ2v) is 17.2. The van der Waals surface area contributed by atoms with Crippen LogP contribution in [0, 0.1) is 11.8 Å². The zero-order valence-electron chi connectivity index (χ0n) is 35.2. The number of nitrogens with one attached hydrogen (secondary N) is 3. The summed E-state index contributed by atoms with van der Waals surface area (Å²) < 4.78 is 15.4. The van der Waals surface area contributed by atoms with Crippen LogP contribution in [0.4, 0.5) is 15.3 Å². The summed E-state index contributed by atoms with van der Waals surface area (Å²) in [7, 11) is 2.60. The molecule has 14 nitrogen and oxygen atoms in total. The minimum atomic E-state index is -0.714. The number of aliphatic imine (C=N–C) groups is 2. The Hall–Kier alpha value is -5.76. The highest BCUT2D eigenvalue weighted by molar-refractivity contribution is 6.06. The van der Waals surface area contributed by atoms with Gasteiger partial charge in [-0.2, -0.15) is 0 Å². The van der Waals surface area contributed by atoms with Gasteiger partial charge in [-0.1, -0.05) is 64.1 Å². The molecule has 4 atom stereocenters. The summed E-state index contributed by atoms with van der Waals surface area (Å²) in [5.41, 5.74) is 6.81. The average molecular weight is 818 g/mol. The Balaban J connectivity index is 0.977. The van der Waals surface area contributed by atoms with E-state index in [9.17, 15) is 19.2 Å². The molecule has 5 aliphatic rings. The van der Waals surface area contributed by atoms with E-state index in [1.807, 2.05) is 43.7 Å². The molecular formula is C46H55N7O7. The van der Waals surface area contributed by atoms with E-state index in [4.69, 9.17) is 24.2 Å². The number of methoxy groups -OCH3 is 2. The van der Waals surface area contributed by atoms with Crippen molar-refractivity contribution < 1.29 is 33.4 Å². The van der Waals surface area contributed by atoms with E-state index in [0.717, 1.165) is 81.5 Å². The van der Waals surface area contributed by atoms with Crippen LogP contribution in [0.1, 0.15) is 70.9 Å². The van der Waals surface area contributed by atoms with E-state index < -0.39 is 29.8 Å². The molecule has 60 heavy (non-hydrogen) atoms. The monoisotopic (exact) mass is 817 g/mol. The van der Waals surface area contributed by atoms with Gasteiger partial charge in [-0.05, 0) is 88.8 Å². The molecule has 0 bridgehead atoms. The Morgan fingerprint density at radius 1 is 0.767 bits per heavy atom. The van der Waals surface area contributed by atoms with Crippen molar-refractivity contribution in [1.29, 1.82) is 0 Å². The van der Waals surface area contributed by atoms with Crippen LogP contribution < -0.4 is 16.0 Å². The number of amidine groups is 1. The predicted octanol–water partition coefficient (Wildman–Crippen LogP) is 6.49. The lowest BCUT2D eigenvalue weighted by Gasteiger charge is -2.44. The number of nitrogens with zero attached hydrogens (tertiary/aromatic N) is 4. The summed E-state index contributed by atoms with van der Waals surface area (Å²) in [6.07, 6.45) is 4.66. The maximum Gasteiger partial charge on any atom is 0.407 e. The Kier molecular flexibility index (Phi) is 11.4. The number of rotatable bonds is 10. The van der Waals surface area contributed by atoms with Crippen LogP contribution in [0.3, 0.4) is 0 Å². The first-order valence-electron chi connectivity index (χ1n) is 21.1. The van der Waals surface area contributed by atoms with Crippen LogP contribution in [0.5, 0.6) is 0 Å². The van der Waals surface area contributed by atoms with Gasteiger partial charge in [0.25, 0.3) is 0 Å². The van der Waals surface area contributed by atoms with Crippen LogP contribution in [0.2, 0.25) is 0 Å². The van der Waals surface area contributed by atoms with E-state index in [1.165, 1.54) is 14.2 Å². The van der Waals surface area contributed by atoms with Gasteiger partial charge in [0, 0.05) is 42.7 Å². The van der Waals surface area contributed by atoms with Crippen molar-refractivity contribution in [3.63, 3.8) is 0 Å². The number of ether oxygens (including phenoxy) is 3. The maximum atomic E-state index is 13.9. The fraction of sp³-hybridized carbons (Fsp3) is 0.478. The number of amides is 4. The largest absolute Gasteiger partial charge is 0.453 e. The molecule has 0 saturated carbocycles. The lowest BCUT2D eigenvalue weighted by molar-refractivity contribution is -0.135. The van der Waals surface area contributed by atoms with Crippen LogP contribution in [0.25, 0.3) is 27.5 Å². The zero-order chi connectivity index (χ0) is 42.3.